The monoisotopic (exact) mass is 512 g/mol. The van der Waals surface area contributed by atoms with E-state index in [9.17, 15) is 4.79 Å². The second-order valence-electron chi connectivity index (χ2n) is 9.97. The minimum Gasteiger partial charge on any atom is -0.489 e. The molecule has 0 N–H and O–H groups in total. The molecule has 2 unspecified atom stereocenters. The van der Waals surface area contributed by atoms with Gasteiger partial charge in [0, 0.05) is 12.8 Å². The van der Waals surface area contributed by atoms with Gasteiger partial charge in [0.2, 0.25) is 0 Å². The van der Waals surface area contributed by atoms with E-state index >= 15 is 0 Å². The molecule has 3 atom stereocenters. The highest BCUT2D eigenvalue weighted by atomic mass is 32.2. The van der Waals surface area contributed by atoms with E-state index in [0.29, 0.717) is 25.0 Å². The van der Waals surface area contributed by atoms with Gasteiger partial charge in [-0.2, -0.15) is 0 Å². The number of benzene rings is 2. The normalized spacial score (nSPS) is 22.2. The van der Waals surface area contributed by atoms with E-state index in [0.717, 1.165) is 31.3 Å². The molecule has 2 aliphatic rings. The summed E-state index contributed by atoms with van der Waals surface area (Å²) >= 11 is 4.19. The lowest BCUT2D eigenvalue weighted by Gasteiger charge is -2.36. The molecular weight excluding hydrogens is 472 g/mol. The van der Waals surface area contributed by atoms with Gasteiger partial charge in [0.1, 0.15) is 18.6 Å². The van der Waals surface area contributed by atoms with Crippen LogP contribution in [0.15, 0.2) is 54.6 Å². The molecule has 3 nitrogen and oxygen atoms in total. The number of rotatable bonds is 13. The maximum Gasteiger partial charge on any atom is 0.120 e. The number of aldehydes is 1. The Morgan fingerprint density at radius 2 is 1.86 bits per heavy atom. The first-order valence-electron chi connectivity index (χ1n) is 13.3. The van der Waals surface area contributed by atoms with Crippen molar-refractivity contribution < 1.29 is 14.3 Å². The largest absolute Gasteiger partial charge is 0.489 e. The first kappa shape index (κ1) is 26.6. The summed E-state index contributed by atoms with van der Waals surface area (Å²) in [7, 11) is 0. The number of ether oxygens (including phenoxy) is 2. The third-order valence-corrected chi connectivity index (χ3v) is 10.8. The summed E-state index contributed by atoms with van der Waals surface area (Å²) in [6.07, 6.45) is 11.6. The predicted molar refractivity (Wildman–Crippen MR) is 149 cm³/mol. The number of carbonyl (C=O) groups excluding carboxylic acids is 1. The van der Waals surface area contributed by atoms with Crippen molar-refractivity contribution in [3.05, 3.63) is 65.7 Å². The Morgan fingerprint density at radius 1 is 1.06 bits per heavy atom. The fourth-order valence-corrected chi connectivity index (χ4v) is 8.77. The molecular formula is C30H40O3S2. The highest BCUT2D eigenvalue weighted by Crippen LogP contribution is 2.55. The Bertz CT molecular complexity index is 897. The van der Waals surface area contributed by atoms with Crippen molar-refractivity contribution in [2.45, 2.75) is 87.6 Å². The van der Waals surface area contributed by atoms with Gasteiger partial charge in [-0.15, -0.1) is 23.5 Å². The van der Waals surface area contributed by atoms with E-state index in [1.165, 1.54) is 54.7 Å². The summed E-state index contributed by atoms with van der Waals surface area (Å²) in [4.78, 5) is 11.0. The van der Waals surface area contributed by atoms with Crippen molar-refractivity contribution in [1.82, 2.24) is 0 Å². The summed E-state index contributed by atoms with van der Waals surface area (Å²) in [6.45, 7) is 2.98. The average molecular weight is 513 g/mol. The second-order valence-corrected chi connectivity index (χ2v) is 13.1. The second kappa shape index (κ2) is 13.8. The van der Waals surface area contributed by atoms with E-state index in [2.05, 4.69) is 60.8 Å². The Balaban J connectivity index is 1.17. The van der Waals surface area contributed by atoms with Crippen LogP contribution in [-0.4, -0.2) is 34.1 Å². The zero-order valence-electron chi connectivity index (χ0n) is 21.0. The van der Waals surface area contributed by atoms with E-state index in [-0.39, 0.29) is 10.2 Å². The van der Waals surface area contributed by atoms with Crippen molar-refractivity contribution in [3.63, 3.8) is 0 Å². The van der Waals surface area contributed by atoms with Gasteiger partial charge >= 0.3 is 0 Å². The number of carbonyl (C=O) groups is 1. The lowest BCUT2D eigenvalue weighted by atomic mass is 9.94. The van der Waals surface area contributed by atoms with Crippen LogP contribution in [0.5, 0.6) is 5.75 Å². The lowest BCUT2D eigenvalue weighted by Crippen LogP contribution is -2.34. The Kier molecular flexibility index (Phi) is 10.5. The molecule has 2 heterocycles. The standard InChI is InChI=1S/C30H40O3S2/c1-24(28-22-30(34-19-10-20-35-30)29(33-28)17-9-18-31)11-4-2-5-12-25-15-8-16-27(21-25)32-23-26-13-6-3-7-14-26/h3,6-8,13-16,18,21,24,28-29H,2,4-5,9-12,17,19-20,22-23H2,1H3/t24?,28-,29?/m0/s1. The maximum absolute atomic E-state index is 11.0. The highest BCUT2D eigenvalue weighted by molar-refractivity contribution is 8.18. The Morgan fingerprint density at radius 3 is 2.66 bits per heavy atom. The number of hydrogen-bond acceptors (Lipinski definition) is 5. The molecule has 1 spiro atoms. The Hall–Kier alpha value is -1.43. The van der Waals surface area contributed by atoms with Crippen molar-refractivity contribution in [3.8, 4) is 5.75 Å². The van der Waals surface area contributed by atoms with Gasteiger partial charge < -0.3 is 14.3 Å². The molecule has 4 rings (SSSR count). The Labute approximate surface area is 220 Å². The van der Waals surface area contributed by atoms with Crippen LogP contribution in [0.3, 0.4) is 0 Å². The molecule has 2 aliphatic heterocycles. The van der Waals surface area contributed by atoms with Crippen molar-refractivity contribution in [2.24, 2.45) is 5.92 Å². The lowest BCUT2D eigenvalue weighted by molar-refractivity contribution is -0.108. The predicted octanol–water partition coefficient (Wildman–Crippen LogP) is 7.71. The zero-order chi connectivity index (χ0) is 24.3. The molecule has 5 heteroatoms. The third-order valence-electron chi connectivity index (χ3n) is 7.25. The van der Waals surface area contributed by atoms with Crippen molar-refractivity contribution in [1.29, 1.82) is 0 Å². The molecule has 35 heavy (non-hydrogen) atoms. The van der Waals surface area contributed by atoms with Gasteiger partial charge in [-0.25, -0.2) is 0 Å². The molecule has 190 valence electrons. The summed E-state index contributed by atoms with van der Waals surface area (Å²) < 4.78 is 12.8. The van der Waals surface area contributed by atoms with E-state index < -0.39 is 0 Å². The number of aryl methyl sites for hydroxylation is 1. The van der Waals surface area contributed by atoms with Crippen LogP contribution in [0.25, 0.3) is 0 Å². The molecule has 0 aliphatic carbocycles. The average Bonchev–Trinajstić information content (AvgIpc) is 3.24. The van der Waals surface area contributed by atoms with Gasteiger partial charge in [-0.05, 0) is 72.8 Å². The SMILES string of the molecule is CC(CCCCCc1cccc(OCc2ccccc2)c1)[C@@H]1CC2(SCCCS2)C(CCC=O)O1. The molecule has 0 amide bonds. The minimum atomic E-state index is 0.188. The molecule has 0 aromatic heterocycles. The van der Waals surface area contributed by atoms with Crippen LogP contribution < -0.4 is 4.74 Å². The molecule has 2 aromatic rings. The first-order chi connectivity index (χ1) is 17.2. The molecule has 0 saturated carbocycles. The van der Waals surface area contributed by atoms with Crippen LogP contribution >= 0.6 is 23.5 Å². The van der Waals surface area contributed by atoms with Gasteiger partial charge in [-0.3, -0.25) is 0 Å². The van der Waals surface area contributed by atoms with Crippen LogP contribution in [0.1, 0.15) is 69.4 Å². The smallest absolute Gasteiger partial charge is 0.120 e. The minimum absolute atomic E-state index is 0.188. The number of hydrogen-bond donors (Lipinski definition) is 0. The van der Waals surface area contributed by atoms with E-state index in [4.69, 9.17) is 9.47 Å². The van der Waals surface area contributed by atoms with Crippen LogP contribution in [0.4, 0.5) is 0 Å². The molecule has 0 radical (unpaired) electrons. The summed E-state index contributed by atoms with van der Waals surface area (Å²) in [5, 5.41) is 0. The van der Waals surface area contributed by atoms with E-state index in [1.54, 1.807) is 0 Å². The van der Waals surface area contributed by atoms with Crippen LogP contribution in [0.2, 0.25) is 0 Å². The zero-order valence-corrected chi connectivity index (χ0v) is 22.7. The highest BCUT2D eigenvalue weighted by Gasteiger charge is 2.50. The van der Waals surface area contributed by atoms with Crippen molar-refractivity contribution >= 4 is 29.8 Å². The quantitative estimate of drug-likeness (QED) is 0.203. The maximum atomic E-state index is 11.0. The van der Waals surface area contributed by atoms with Gasteiger partial charge in [0.15, 0.2) is 0 Å². The molecule has 0 bridgehead atoms. The topological polar surface area (TPSA) is 35.5 Å². The summed E-state index contributed by atoms with van der Waals surface area (Å²) in [5.74, 6) is 3.99. The van der Waals surface area contributed by atoms with Crippen LogP contribution in [0, 0.1) is 5.92 Å². The number of thioether (sulfide) groups is 2. The fourth-order valence-electron chi connectivity index (χ4n) is 5.20. The van der Waals surface area contributed by atoms with E-state index in [1.807, 2.05) is 24.3 Å². The molecule has 2 fully saturated rings. The number of unbranched alkanes of at least 4 members (excludes halogenated alkanes) is 2. The van der Waals surface area contributed by atoms with Gasteiger partial charge in [0.05, 0.1) is 16.3 Å². The summed E-state index contributed by atoms with van der Waals surface area (Å²) in [6, 6.07) is 18.9. The molecule has 2 aromatic carbocycles. The first-order valence-corrected chi connectivity index (χ1v) is 15.3. The third kappa shape index (κ3) is 7.77. The van der Waals surface area contributed by atoms with Gasteiger partial charge in [-0.1, -0.05) is 62.2 Å². The fraction of sp³-hybridized carbons (Fsp3) is 0.567. The molecule has 2 saturated heterocycles. The van der Waals surface area contributed by atoms with Gasteiger partial charge in [0.25, 0.3) is 0 Å². The van der Waals surface area contributed by atoms with Crippen LogP contribution in [-0.2, 0) is 22.6 Å². The summed E-state index contributed by atoms with van der Waals surface area (Å²) in [5.41, 5.74) is 2.55. The van der Waals surface area contributed by atoms with Crippen molar-refractivity contribution in [2.75, 3.05) is 11.5 Å².